The van der Waals surface area contributed by atoms with Crippen molar-refractivity contribution in [3.63, 3.8) is 0 Å². The zero-order valence-corrected chi connectivity index (χ0v) is 13.7. The molecule has 0 atom stereocenters. The van der Waals surface area contributed by atoms with Crippen molar-refractivity contribution in [2.45, 2.75) is 13.3 Å². The number of hydrogen-bond donors (Lipinski definition) is 2. The summed E-state index contributed by atoms with van der Waals surface area (Å²) in [6.07, 6.45) is 0.458. The Morgan fingerprint density at radius 2 is 2.04 bits per heavy atom. The zero-order chi connectivity index (χ0) is 16.8. The van der Waals surface area contributed by atoms with Gasteiger partial charge in [-0.05, 0) is 37.6 Å². The number of aliphatic hydroxyl groups is 2. The summed E-state index contributed by atoms with van der Waals surface area (Å²) in [4.78, 5) is 14.0. The van der Waals surface area contributed by atoms with Crippen LogP contribution < -0.4 is 0 Å². The highest BCUT2D eigenvalue weighted by Crippen LogP contribution is 2.17. The topological polar surface area (TPSA) is 78.6 Å². The maximum absolute atomic E-state index is 12.5. The Bertz CT molecular complexity index is 672. The minimum Gasteiger partial charge on any atom is -0.396 e. The maximum Gasteiger partial charge on any atom is 0.274 e. The van der Waals surface area contributed by atoms with Gasteiger partial charge in [-0.2, -0.15) is 5.10 Å². The van der Waals surface area contributed by atoms with E-state index in [0.717, 1.165) is 11.4 Å². The van der Waals surface area contributed by atoms with Crippen molar-refractivity contribution in [3.8, 4) is 5.69 Å². The zero-order valence-electron chi connectivity index (χ0n) is 12.9. The highest BCUT2D eigenvalue weighted by atomic mass is 35.5. The van der Waals surface area contributed by atoms with Crippen LogP contribution in [0.4, 0.5) is 0 Å². The molecule has 2 N–H and O–H groups in total. The van der Waals surface area contributed by atoms with Gasteiger partial charge in [-0.15, -0.1) is 0 Å². The molecule has 2 aromatic rings. The maximum atomic E-state index is 12.5. The minimum absolute atomic E-state index is 0.00874. The van der Waals surface area contributed by atoms with Gasteiger partial charge in [-0.1, -0.05) is 17.7 Å². The van der Waals surface area contributed by atoms with Crippen molar-refractivity contribution in [1.82, 2.24) is 14.7 Å². The average molecular weight is 338 g/mol. The van der Waals surface area contributed by atoms with Crippen molar-refractivity contribution in [2.24, 2.45) is 0 Å². The predicted molar refractivity (Wildman–Crippen MR) is 88.0 cm³/mol. The molecule has 0 saturated heterocycles. The molecule has 0 unspecified atom stereocenters. The number of amides is 1. The Hall–Kier alpha value is -1.89. The number of carbonyl (C=O) groups is 1. The molecule has 1 aromatic carbocycles. The van der Waals surface area contributed by atoms with Gasteiger partial charge in [-0.25, -0.2) is 4.68 Å². The quantitative estimate of drug-likeness (QED) is 0.805. The number of aromatic nitrogens is 2. The minimum atomic E-state index is -0.267. The number of rotatable bonds is 7. The SMILES string of the molecule is Cc1cc(C(=O)N(CCO)CCCO)nn1-c1cccc(Cl)c1. The summed E-state index contributed by atoms with van der Waals surface area (Å²) in [5.74, 6) is -0.267. The standard InChI is InChI=1S/C16H20ClN3O3/c1-12-10-15(16(23)19(7-9-22)6-3-8-21)18-20(12)14-5-2-4-13(17)11-14/h2,4-5,10-11,21-22H,3,6-9H2,1H3. The summed E-state index contributed by atoms with van der Waals surface area (Å²) < 4.78 is 1.66. The third kappa shape index (κ3) is 4.31. The fourth-order valence-corrected chi connectivity index (χ4v) is 2.49. The number of halogens is 1. The van der Waals surface area contributed by atoms with Crippen LogP contribution in [0.25, 0.3) is 5.69 Å². The van der Waals surface area contributed by atoms with E-state index in [9.17, 15) is 4.79 Å². The first kappa shape index (κ1) is 17.5. The third-order valence-corrected chi connectivity index (χ3v) is 3.64. The molecule has 7 heteroatoms. The van der Waals surface area contributed by atoms with E-state index in [1.807, 2.05) is 19.1 Å². The van der Waals surface area contributed by atoms with Crippen LogP contribution in [0, 0.1) is 6.92 Å². The van der Waals surface area contributed by atoms with Crippen LogP contribution in [0.3, 0.4) is 0 Å². The molecule has 0 saturated carbocycles. The first-order valence-electron chi connectivity index (χ1n) is 7.40. The Kier molecular flexibility index (Phi) is 6.15. The molecule has 0 aliphatic rings. The fourth-order valence-electron chi connectivity index (χ4n) is 2.31. The molecule has 1 aromatic heterocycles. The normalized spacial score (nSPS) is 10.8. The molecule has 0 radical (unpaired) electrons. The highest BCUT2D eigenvalue weighted by molar-refractivity contribution is 6.30. The molecule has 0 aliphatic heterocycles. The third-order valence-electron chi connectivity index (χ3n) is 3.40. The predicted octanol–water partition coefficient (Wildman–Crippen LogP) is 1.65. The summed E-state index contributed by atoms with van der Waals surface area (Å²) in [6.45, 7) is 2.30. The van der Waals surface area contributed by atoms with E-state index in [1.54, 1.807) is 22.9 Å². The van der Waals surface area contributed by atoms with Gasteiger partial charge in [0.2, 0.25) is 0 Å². The fraction of sp³-hybridized carbons (Fsp3) is 0.375. The summed E-state index contributed by atoms with van der Waals surface area (Å²) in [6, 6.07) is 8.92. The van der Waals surface area contributed by atoms with E-state index in [1.165, 1.54) is 4.90 Å². The summed E-state index contributed by atoms with van der Waals surface area (Å²) >= 11 is 6.00. The molecular formula is C16H20ClN3O3. The van der Waals surface area contributed by atoms with Crippen LogP contribution in [0.1, 0.15) is 22.6 Å². The van der Waals surface area contributed by atoms with Gasteiger partial charge in [0.15, 0.2) is 5.69 Å². The van der Waals surface area contributed by atoms with Crippen LogP contribution in [0.2, 0.25) is 5.02 Å². The first-order valence-corrected chi connectivity index (χ1v) is 7.78. The van der Waals surface area contributed by atoms with Gasteiger partial charge in [0.25, 0.3) is 5.91 Å². The molecule has 0 aliphatic carbocycles. The van der Waals surface area contributed by atoms with E-state index in [-0.39, 0.29) is 25.7 Å². The molecule has 2 rings (SSSR count). The van der Waals surface area contributed by atoms with Gasteiger partial charge in [0, 0.05) is 30.4 Å². The summed E-state index contributed by atoms with van der Waals surface area (Å²) in [5.41, 5.74) is 1.88. The number of aliphatic hydroxyl groups excluding tert-OH is 2. The van der Waals surface area contributed by atoms with Gasteiger partial charge in [0.05, 0.1) is 12.3 Å². The van der Waals surface area contributed by atoms with Crippen LogP contribution in [-0.2, 0) is 0 Å². The largest absolute Gasteiger partial charge is 0.396 e. The van der Waals surface area contributed by atoms with Crippen molar-refractivity contribution in [2.75, 3.05) is 26.3 Å². The van der Waals surface area contributed by atoms with Crippen molar-refractivity contribution in [3.05, 3.63) is 46.7 Å². The second-order valence-electron chi connectivity index (χ2n) is 5.16. The van der Waals surface area contributed by atoms with Crippen LogP contribution >= 0.6 is 11.6 Å². The summed E-state index contributed by atoms with van der Waals surface area (Å²) in [5, 5.41) is 23.0. The molecule has 0 spiro atoms. The van der Waals surface area contributed by atoms with Crippen molar-refractivity contribution in [1.29, 1.82) is 0 Å². The van der Waals surface area contributed by atoms with Crippen LogP contribution in [0.5, 0.6) is 0 Å². The molecule has 23 heavy (non-hydrogen) atoms. The number of carbonyl (C=O) groups excluding carboxylic acids is 1. The molecule has 124 valence electrons. The lowest BCUT2D eigenvalue weighted by Crippen LogP contribution is -2.35. The molecule has 0 bridgehead atoms. The van der Waals surface area contributed by atoms with Crippen LogP contribution in [-0.4, -0.2) is 57.1 Å². The Labute approximate surface area is 139 Å². The monoisotopic (exact) mass is 337 g/mol. The lowest BCUT2D eigenvalue weighted by atomic mass is 10.3. The number of hydrogen-bond acceptors (Lipinski definition) is 4. The Balaban J connectivity index is 2.26. The number of nitrogens with zero attached hydrogens (tertiary/aromatic N) is 3. The van der Waals surface area contributed by atoms with Gasteiger partial charge >= 0.3 is 0 Å². The molecular weight excluding hydrogens is 318 g/mol. The number of benzene rings is 1. The lowest BCUT2D eigenvalue weighted by molar-refractivity contribution is 0.0703. The molecule has 1 heterocycles. The second kappa shape index (κ2) is 8.10. The van der Waals surface area contributed by atoms with Crippen LogP contribution in [0.15, 0.2) is 30.3 Å². The Morgan fingerprint density at radius 3 is 2.70 bits per heavy atom. The van der Waals surface area contributed by atoms with E-state index < -0.39 is 0 Å². The Morgan fingerprint density at radius 1 is 1.26 bits per heavy atom. The van der Waals surface area contributed by atoms with Crippen molar-refractivity contribution < 1.29 is 15.0 Å². The second-order valence-corrected chi connectivity index (χ2v) is 5.59. The molecule has 0 fully saturated rings. The lowest BCUT2D eigenvalue weighted by Gasteiger charge is -2.20. The van der Waals surface area contributed by atoms with E-state index in [0.29, 0.717) is 23.7 Å². The van der Waals surface area contributed by atoms with E-state index in [2.05, 4.69) is 5.10 Å². The molecule has 1 amide bonds. The van der Waals surface area contributed by atoms with E-state index in [4.69, 9.17) is 21.8 Å². The summed E-state index contributed by atoms with van der Waals surface area (Å²) in [7, 11) is 0. The van der Waals surface area contributed by atoms with Gasteiger partial charge < -0.3 is 15.1 Å². The van der Waals surface area contributed by atoms with E-state index >= 15 is 0 Å². The first-order chi connectivity index (χ1) is 11.1. The van der Waals surface area contributed by atoms with Gasteiger partial charge in [-0.3, -0.25) is 4.79 Å². The average Bonchev–Trinajstić information content (AvgIpc) is 2.92. The number of aryl methyl sites for hydroxylation is 1. The van der Waals surface area contributed by atoms with Crippen molar-refractivity contribution >= 4 is 17.5 Å². The highest BCUT2D eigenvalue weighted by Gasteiger charge is 2.19. The van der Waals surface area contributed by atoms with Gasteiger partial charge in [0.1, 0.15) is 0 Å². The smallest absolute Gasteiger partial charge is 0.274 e. The molecule has 6 nitrogen and oxygen atoms in total.